The Labute approximate surface area is 80.5 Å². The molecule has 70 valence electrons. The predicted octanol–water partition coefficient (Wildman–Crippen LogP) is 1.61. The van der Waals surface area contributed by atoms with Gasteiger partial charge in [0.1, 0.15) is 4.88 Å². The van der Waals surface area contributed by atoms with E-state index in [0.29, 0.717) is 10.6 Å². The third kappa shape index (κ3) is 1.21. The zero-order valence-corrected chi connectivity index (χ0v) is 8.24. The molecule has 2 N–H and O–H groups in total. The maximum atomic E-state index is 11.2. The first-order valence-corrected chi connectivity index (χ1v) is 5.04. The molecule has 1 aliphatic carbocycles. The van der Waals surface area contributed by atoms with Gasteiger partial charge in [0.05, 0.1) is 12.8 Å². The van der Waals surface area contributed by atoms with E-state index in [1.165, 1.54) is 28.9 Å². The topological polar surface area (TPSA) is 52.3 Å². The van der Waals surface area contributed by atoms with E-state index in [4.69, 9.17) is 5.73 Å². The van der Waals surface area contributed by atoms with Crippen LogP contribution >= 0.6 is 11.3 Å². The summed E-state index contributed by atoms with van der Waals surface area (Å²) in [7, 11) is 1.38. The first-order valence-electron chi connectivity index (χ1n) is 4.22. The van der Waals surface area contributed by atoms with Gasteiger partial charge in [-0.1, -0.05) is 0 Å². The number of methoxy groups -OCH3 is 1. The molecule has 13 heavy (non-hydrogen) atoms. The van der Waals surface area contributed by atoms with Gasteiger partial charge in [-0.2, -0.15) is 0 Å². The fourth-order valence-corrected chi connectivity index (χ4v) is 2.90. The second-order valence-corrected chi connectivity index (χ2v) is 4.20. The number of nitrogens with two attached hydrogens (primary N) is 1. The van der Waals surface area contributed by atoms with Crippen molar-refractivity contribution in [2.75, 3.05) is 12.8 Å². The van der Waals surface area contributed by atoms with Gasteiger partial charge in [-0.3, -0.25) is 0 Å². The van der Waals surface area contributed by atoms with E-state index in [1.807, 2.05) is 0 Å². The van der Waals surface area contributed by atoms with Crippen molar-refractivity contribution in [3.63, 3.8) is 0 Å². The van der Waals surface area contributed by atoms with Crippen LogP contribution in [-0.4, -0.2) is 13.1 Å². The summed E-state index contributed by atoms with van der Waals surface area (Å²) in [5.74, 6) is -0.308. The van der Waals surface area contributed by atoms with Gasteiger partial charge in [-0.05, 0) is 24.8 Å². The molecular formula is C9H11NO2S. The number of hydrogen-bond donors (Lipinski definition) is 1. The van der Waals surface area contributed by atoms with E-state index in [1.54, 1.807) is 0 Å². The Kier molecular flexibility index (Phi) is 2.00. The minimum Gasteiger partial charge on any atom is -0.465 e. The highest BCUT2D eigenvalue weighted by Gasteiger charge is 2.23. The Morgan fingerprint density at radius 2 is 2.31 bits per heavy atom. The van der Waals surface area contributed by atoms with Gasteiger partial charge in [-0.25, -0.2) is 4.79 Å². The van der Waals surface area contributed by atoms with Crippen LogP contribution in [0.5, 0.6) is 0 Å². The minimum absolute atomic E-state index is 0.308. The van der Waals surface area contributed by atoms with Gasteiger partial charge in [0.2, 0.25) is 0 Å². The molecule has 2 rings (SSSR count). The van der Waals surface area contributed by atoms with Gasteiger partial charge < -0.3 is 10.5 Å². The Morgan fingerprint density at radius 3 is 2.92 bits per heavy atom. The fraction of sp³-hybridized carbons (Fsp3) is 0.444. The molecule has 1 aromatic rings. The number of aryl methyl sites for hydroxylation is 1. The van der Waals surface area contributed by atoms with Crippen molar-refractivity contribution in [1.82, 2.24) is 0 Å². The lowest BCUT2D eigenvalue weighted by Crippen LogP contribution is -2.02. The molecule has 0 fully saturated rings. The highest BCUT2D eigenvalue weighted by atomic mass is 32.1. The fourth-order valence-electron chi connectivity index (χ4n) is 1.67. The van der Waals surface area contributed by atoms with Crippen LogP contribution in [0.2, 0.25) is 0 Å². The zero-order chi connectivity index (χ0) is 9.42. The molecule has 0 unspecified atom stereocenters. The second-order valence-electron chi connectivity index (χ2n) is 3.09. The van der Waals surface area contributed by atoms with Crippen molar-refractivity contribution in [1.29, 1.82) is 0 Å². The number of rotatable bonds is 1. The number of fused-ring (bicyclic) bond motifs is 1. The molecule has 0 atom stereocenters. The van der Waals surface area contributed by atoms with Crippen molar-refractivity contribution < 1.29 is 9.53 Å². The lowest BCUT2D eigenvalue weighted by atomic mass is 10.2. The van der Waals surface area contributed by atoms with Crippen molar-refractivity contribution in [3.05, 3.63) is 15.3 Å². The van der Waals surface area contributed by atoms with E-state index in [-0.39, 0.29) is 5.97 Å². The van der Waals surface area contributed by atoms with E-state index in [9.17, 15) is 4.79 Å². The summed E-state index contributed by atoms with van der Waals surface area (Å²) in [6, 6.07) is 0. The Hall–Kier alpha value is -1.03. The molecule has 1 heterocycles. The minimum atomic E-state index is -0.308. The second kappa shape index (κ2) is 3.03. The maximum absolute atomic E-state index is 11.2. The molecule has 0 saturated carbocycles. The number of ether oxygens (including phenoxy) is 1. The molecular weight excluding hydrogens is 186 g/mol. The molecule has 1 aliphatic rings. The van der Waals surface area contributed by atoms with Crippen LogP contribution in [0, 0.1) is 0 Å². The number of hydrogen-bond acceptors (Lipinski definition) is 4. The highest BCUT2D eigenvalue weighted by Crippen LogP contribution is 2.37. The summed E-state index contributed by atoms with van der Waals surface area (Å²) in [6.45, 7) is 0. The highest BCUT2D eigenvalue weighted by molar-refractivity contribution is 7.14. The van der Waals surface area contributed by atoms with Crippen molar-refractivity contribution in [2.45, 2.75) is 19.3 Å². The van der Waals surface area contributed by atoms with Crippen LogP contribution in [0.25, 0.3) is 0 Å². The summed E-state index contributed by atoms with van der Waals surface area (Å²) in [5.41, 5.74) is 7.66. The summed E-state index contributed by atoms with van der Waals surface area (Å²) in [6.07, 6.45) is 3.22. The maximum Gasteiger partial charge on any atom is 0.350 e. The lowest BCUT2D eigenvalue weighted by Gasteiger charge is -1.97. The number of thiophene rings is 1. The predicted molar refractivity (Wildman–Crippen MR) is 52.1 cm³/mol. The van der Waals surface area contributed by atoms with Crippen LogP contribution in [0.1, 0.15) is 26.5 Å². The zero-order valence-electron chi connectivity index (χ0n) is 7.42. The summed E-state index contributed by atoms with van der Waals surface area (Å²) >= 11 is 1.48. The molecule has 4 heteroatoms. The van der Waals surface area contributed by atoms with Crippen LogP contribution < -0.4 is 5.73 Å². The monoisotopic (exact) mass is 197 g/mol. The molecule has 0 spiro atoms. The number of carbonyl (C=O) groups is 1. The standard InChI is InChI=1S/C9H11NO2S/c1-12-9(11)8-7(10)5-3-2-4-6(5)13-8/h2-4,10H2,1H3. The average Bonchev–Trinajstić information content (AvgIpc) is 2.68. The van der Waals surface area contributed by atoms with Gasteiger partial charge in [0.25, 0.3) is 0 Å². The molecule has 0 aliphatic heterocycles. The van der Waals surface area contributed by atoms with E-state index in [2.05, 4.69) is 4.74 Å². The van der Waals surface area contributed by atoms with Gasteiger partial charge in [0.15, 0.2) is 0 Å². The van der Waals surface area contributed by atoms with E-state index < -0.39 is 0 Å². The van der Waals surface area contributed by atoms with Crippen LogP contribution in [0.3, 0.4) is 0 Å². The average molecular weight is 197 g/mol. The van der Waals surface area contributed by atoms with Gasteiger partial charge in [-0.15, -0.1) is 11.3 Å². The molecule has 1 aromatic heterocycles. The SMILES string of the molecule is COC(=O)c1sc2c(c1N)CCC2. The number of esters is 1. The van der Waals surface area contributed by atoms with E-state index in [0.717, 1.165) is 19.3 Å². The van der Waals surface area contributed by atoms with Crippen LogP contribution in [0.15, 0.2) is 0 Å². The largest absolute Gasteiger partial charge is 0.465 e. The molecule has 0 aromatic carbocycles. The number of carbonyl (C=O) groups excluding carboxylic acids is 1. The van der Waals surface area contributed by atoms with Gasteiger partial charge >= 0.3 is 5.97 Å². The van der Waals surface area contributed by atoms with Crippen molar-refractivity contribution in [3.8, 4) is 0 Å². The molecule has 0 saturated heterocycles. The normalized spacial score (nSPS) is 14.2. The molecule has 3 nitrogen and oxygen atoms in total. The first-order chi connectivity index (χ1) is 6.24. The Bertz CT molecular complexity index is 357. The third-order valence-electron chi connectivity index (χ3n) is 2.33. The van der Waals surface area contributed by atoms with E-state index >= 15 is 0 Å². The molecule has 0 bridgehead atoms. The number of anilines is 1. The summed E-state index contributed by atoms with van der Waals surface area (Å²) < 4.78 is 4.65. The quantitative estimate of drug-likeness (QED) is 0.696. The summed E-state index contributed by atoms with van der Waals surface area (Å²) in [5, 5.41) is 0. The Balaban J connectivity index is 2.44. The molecule has 0 amide bonds. The Morgan fingerprint density at radius 1 is 1.54 bits per heavy atom. The third-order valence-corrected chi connectivity index (χ3v) is 3.62. The van der Waals surface area contributed by atoms with Crippen molar-refractivity contribution in [2.24, 2.45) is 0 Å². The lowest BCUT2D eigenvalue weighted by molar-refractivity contribution is 0.0607. The number of nitrogen functional groups attached to an aromatic ring is 1. The molecule has 0 radical (unpaired) electrons. The van der Waals surface area contributed by atoms with Crippen LogP contribution in [-0.2, 0) is 17.6 Å². The first kappa shape index (κ1) is 8.56. The van der Waals surface area contributed by atoms with Crippen molar-refractivity contribution >= 4 is 23.0 Å². The smallest absolute Gasteiger partial charge is 0.350 e. The van der Waals surface area contributed by atoms with Gasteiger partial charge in [0, 0.05) is 4.88 Å². The summed E-state index contributed by atoms with van der Waals surface area (Å²) in [4.78, 5) is 13.1. The van der Waals surface area contributed by atoms with Crippen LogP contribution in [0.4, 0.5) is 5.69 Å².